The molecule has 29 heavy (non-hydrogen) atoms. The Kier molecular flexibility index (Phi) is 5.89. The molecule has 0 saturated carbocycles. The first-order valence-corrected chi connectivity index (χ1v) is 10.5. The van der Waals surface area contributed by atoms with Gasteiger partial charge in [-0.1, -0.05) is 0 Å². The predicted octanol–water partition coefficient (Wildman–Crippen LogP) is 3.19. The molecular formula is C21H27F2N5O. The van der Waals surface area contributed by atoms with Crippen molar-refractivity contribution < 1.29 is 13.6 Å². The zero-order valence-electron chi connectivity index (χ0n) is 16.8. The number of carbonyl (C=O) groups excluding carboxylic acids is 1. The maximum Gasteiger partial charge on any atom is 0.256 e. The monoisotopic (exact) mass is 403 g/mol. The highest BCUT2D eigenvalue weighted by Gasteiger charge is 2.29. The van der Waals surface area contributed by atoms with Crippen LogP contribution >= 0.6 is 0 Å². The summed E-state index contributed by atoms with van der Waals surface area (Å²) in [4.78, 5) is 16.6. The Hall–Kier alpha value is -2.35. The summed E-state index contributed by atoms with van der Waals surface area (Å²) in [5.74, 6) is 0.459. The van der Waals surface area contributed by atoms with E-state index < -0.39 is 17.5 Å². The third-order valence-corrected chi connectivity index (χ3v) is 6.04. The first-order valence-electron chi connectivity index (χ1n) is 10.5. The van der Waals surface area contributed by atoms with Crippen LogP contribution in [-0.2, 0) is 13.1 Å². The van der Waals surface area contributed by atoms with E-state index in [0.717, 1.165) is 68.9 Å². The molecule has 0 aliphatic carbocycles. The number of amides is 1. The average molecular weight is 403 g/mol. The molecule has 6 nitrogen and oxygen atoms in total. The normalized spacial score (nSPS) is 18.5. The summed E-state index contributed by atoms with van der Waals surface area (Å²) < 4.78 is 29.6. The van der Waals surface area contributed by atoms with Crippen molar-refractivity contribution >= 4 is 5.91 Å². The van der Waals surface area contributed by atoms with Gasteiger partial charge in [-0.3, -0.25) is 9.69 Å². The Morgan fingerprint density at radius 1 is 1.10 bits per heavy atom. The standard InChI is InChI=1S/C21H27F2N5O/c1-2-28-19(14-26-9-3-4-10-26)24-25-20(28)15-7-11-27(12-8-15)21(29)17-13-16(22)5-6-18(17)23/h5-6,13,15H,2-4,7-12,14H2,1H3. The molecule has 3 heterocycles. The van der Waals surface area contributed by atoms with Gasteiger partial charge in [0.05, 0.1) is 12.1 Å². The van der Waals surface area contributed by atoms with Gasteiger partial charge >= 0.3 is 0 Å². The molecule has 1 aromatic heterocycles. The van der Waals surface area contributed by atoms with Crippen LogP contribution in [0.4, 0.5) is 8.78 Å². The summed E-state index contributed by atoms with van der Waals surface area (Å²) in [6.07, 6.45) is 3.96. The highest BCUT2D eigenvalue weighted by Crippen LogP contribution is 2.29. The minimum absolute atomic E-state index is 0.201. The number of piperidine rings is 1. The lowest BCUT2D eigenvalue weighted by Crippen LogP contribution is -2.38. The second-order valence-corrected chi connectivity index (χ2v) is 7.89. The van der Waals surface area contributed by atoms with Gasteiger partial charge in [0.15, 0.2) is 0 Å². The van der Waals surface area contributed by atoms with E-state index in [1.807, 2.05) is 0 Å². The van der Waals surface area contributed by atoms with Crippen molar-refractivity contribution in [3.05, 3.63) is 47.0 Å². The maximum absolute atomic E-state index is 13.9. The van der Waals surface area contributed by atoms with E-state index in [9.17, 15) is 13.6 Å². The number of likely N-dealkylation sites (tertiary alicyclic amines) is 2. The first kappa shape index (κ1) is 19.9. The van der Waals surface area contributed by atoms with Crippen LogP contribution in [0.3, 0.4) is 0 Å². The summed E-state index contributed by atoms with van der Waals surface area (Å²) in [6, 6.07) is 3.00. The van der Waals surface area contributed by atoms with Crippen LogP contribution in [0, 0.1) is 11.6 Å². The fraction of sp³-hybridized carbons (Fsp3) is 0.571. The number of benzene rings is 1. The molecule has 156 valence electrons. The van der Waals surface area contributed by atoms with Crippen LogP contribution in [-0.4, -0.2) is 56.7 Å². The summed E-state index contributed by atoms with van der Waals surface area (Å²) in [6.45, 7) is 6.98. The SMILES string of the molecule is CCn1c(CN2CCCC2)nnc1C1CCN(C(=O)c2cc(F)ccc2F)CC1. The topological polar surface area (TPSA) is 54.3 Å². The third kappa shape index (κ3) is 4.17. The zero-order chi connectivity index (χ0) is 20.4. The molecule has 2 fully saturated rings. The Morgan fingerprint density at radius 2 is 1.83 bits per heavy atom. The molecular weight excluding hydrogens is 376 g/mol. The Morgan fingerprint density at radius 3 is 2.52 bits per heavy atom. The van der Waals surface area contributed by atoms with Crippen LogP contribution in [0.5, 0.6) is 0 Å². The Balaban J connectivity index is 1.42. The lowest BCUT2D eigenvalue weighted by Gasteiger charge is -2.32. The molecule has 0 bridgehead atoms. The van der Waals surface area contributed by atoms with Crippen LogP contribution < -0.4 is 0 Å². The van der Waals surface area contributed by atoms with E-state index in [2.05, 4.69) is 26.6 Å². The molecule has 1 amide bonds. The Labute approximate surface area is 169 Å². The molecule has 0 unspecified atom stereocenters. The highest BCUT2D eigenvalue weighted by atomic mass is 19.1. The van der Waals surface area contributed by atoms with Gasteiger partial charge in [-0.05, 0) is 63.9 Å². The Bertz CT molecular complexity index is 870. The largest absolute Gasteiger partial charge is 0.339 e. The maximum atomic E-state index is 13.9. The van der Waals surface area contributed by atoms with Gasteiger partial charge in [0.1, 0.15) is 23.3 Å². The molecule has 0 spiro atoms. The quantitative estimate of drug-likeness (QED) is 0.770. The van der Waals surface area contributed by atoms with Crippen molar-refractivity contribution in [3.63, 3.8) is 0 Å². The van der Waals surface area contributed by atoms with E-state index in [-0.39, 0.29) is 11.5 Å². The second kappa shape index (κ2) is 8.57. The van der Waals surface area contributed by atoms with Crippen molar-refractivity contribution in [2.24, 2.45) is 0 Å². The van der Waals surface area contributed by atoms with Crippen LogP contribution in [0.15, 0.2) is 18.2 Å². The molecule has 1 aromatic carbocycles. The first-order chi connectivity index (χ1) is 14.1. The van der Waals surface area contributed by atoms with E-state index in [4.69, 9.17) is 0 Å². The summed E-state index contributed by atoms with van der Waals surface area (Å²) >= 11 is 0. The van der Waals surface area contributed by atoms with Crippen LogP contribution in [0.25, 0.3) is 0 Å². The molecule has 2 aliphatic rings. The molecule has 4 rings (SSSR count). The molecule has 0 N–H and O–H groups in total. The van der Waals surface area contributed by atoms with Crippen molar-refractivity contribution in [3.8, 4) is 0 Å². The average Bonchev–Trinajstić information content (AvgIpc) is 3.39. The molecule has 2 saturated heterocycles. The summed E-state index contributed by atoms with van der Waals surface area (Å²) in [5, 5.41) is 8.93. The number of hydrogen-bond donors (Lipinski definition) is 0. The minimum Gasteiger partial charge on any atom is -0.339 e. The molecule has 2 aromatic rings. The van der Waals surface area contributed by atoms with Crippen molar-refractivity contribution in [1.82, 2.24) is 24.6 Å². The number of carbonyl (C=O) groups is 1. The molecule has 0 atom stereocenters. The lowest BCUT2D eigenvalue weighted by molar-refractivity contribution is 0.0705. The van der Waals surface area contributed by atoms with Crippen molar-refractivity contribution in [2.45, 2.75) is 51.6 Å². The van der Waals surface area contributed by atoms with E-state index in [1.165, 1.54) is 12.8 Å². The number of hydrogen-bond acceptors (Lipinski definition) is 4. The van der Waals surface area contributed by atoms with E-state index >= 15 is 0 Å². The van der Waals surface area contributed by atoms with Gasteiger partial charge in [0.2, 0.25) is 0 Å². The van der Waals surface area contributed by atoms with E-state index in [1.54, 1.807) is 4.90 Å². The van der Waals surface area contributed by atoms with Crippen LogP contribution in [0.1, 0.15) is 60.5 Å². The third-order valence-electron chi connectivity index (χ3n) is 6.04. The van der Waals surface area contributed by atoms with Gasteiger partial charge in [0, 0.05) is 25.6 Å². The minimum atomic E-state index is -0.684. The van der Waals surface area contributed by atoms with Gasteiger partial charge < -0.3 is 9.47 Å². The summed E-state index contributed by atoms with van der Waals surface area (Å²) in [7, 11) is 0. The smallest absolute Gasteiger partial charge is 0.256 e. The van der Waals surface area contributed by atoms with Gasteiger partial charge in [-0.2, -0.15) is 0 Å². The fourth-order valence-electron chi connectivity index (χ4n) is 4.43. The fourth-order valence-corrected chi connectivity index (χ4v) is 4.43. The highest BCUT2D eigenvalue weighted by molar-refractivity contribution is 5.94. The van der Waals surface area contributed by atoms with E-state index in [0.29, 0.717) is 13.1 Å². The molecule has 8 heteroatoms. The summed E-state index contributed by atoms with van der Waals surface area (Å²) in [5.41, 5.74) is -0.201. The number of halogens is 2. The van der Waals surface area contributed by atoms with Crippen LogP contribution in [0.2, 0.25) is 0 Å². The zero-order valence-corrected chi connectivity index (χ0v) is 16.8. The van der Waals surface area contributed by atoms with Gasteiger partial charge in [0.25, 0.3) is 5.91 Å². The number of nitrogens with zero attached hydrogens (tertiary/aromatic N) is 5. The van der Waals surface area contributed by atoms with Gasteiger partial charge in [-0.15, -0.1) is 10.2 Å². The predicted molar refractivity (Wildman–Crippen MR) is 104 cm³/mol. The molecule has 2 aliphatic heterocycles. The number of aromatic nitrogens is 3. The van der Waals surface area contributed by atoms with Gasteiger partial charge in [-0.25, -0.2) is 8.78 Å². The second-order valence-electron chi connectivity index (χ2n) is 7.89. The van der Waals surface area contributed by atoms with Crippen molar-refractivity contribution in [1.29, 1.82) is 0 Å². The lowest BCUT2D eigenvalue weighted by atomic mass is 9.95. The number of rotatable bonds is 5. The van der Waals surface area contributed by atoms with Crippen molar-refractivity contribution in [2.75, 3.05) is 26.2 Å². The molecule has 0 radical (unpaired) electrons.